The molecule has 1 fully saturated rings. The fourth-order valence-electron chi connectivity index (χ4n) is 3.59. The Bertz CT molecular complexity index is 662. The first-order chi connectivity index (χ1) is 12.1. The standard InChI is InChI=1S/C18H27N5O2/c1-13(24-4)18-20-16(25-21-18)12-22(2)11-15-7-9-23(3)17(15)14-6-5-8-19-10-14/h5-6,8,10,13,15,17H,7,9,11-12H2,1-4H3/t13-,15-,17-/m0/s1. The highest BCUT2D eigenvalue weighted by molar-refractivity contribution is 5.17. The van der Waals surface area contributed by atoms with Gasteiger partial charge in [0.2, 0.25) is 5.89 Å². The summed E-state index contributed by atoms with van der Waals surface area (Å²) in [7, 11) is 5.93. The molecule has 0 spiro atoms. The quantitative estimate of drug-likeness (QED) is 0.762. The molecule has 3 rings (SSSR count). The van der Waals surface area contributed by atoms with Crippen LogP contribution in [-0.2, 0) is 11.3 Å². The van der Waals surface area contributed by atoms with Crippen LogP contribution in [0.2, 0.25) is 0 Å². The van der Waals surface area contributed by atoms with Crippen LogP contribution in [0.4, 0.5) is 0 Å². The van der Waals surface area contributed by atoms with Gasteiger partial charge >= 0.3 is 0 Å². The summed E-state index contributed by atoms with van der Waals surface area (Å²) in [6.07, 6.45) is 4.83. The number of aromatic nitrogens is 3. The summed E-state index contributed by atoms with van der Waals surface area (Å²) in [5.74, 6) is 1.78. The first-order valence-corrected chi connectivity index (χ1v) is 8.72. The maximum absolute atomic E-state index is 5.35. The first-order valence-electron chi connectivity index (χ1n) is 8.72. The molecule has 25 heavy (non-hydrogen) atoms. The van der Waals surface area contributed by atoms with Crippen LogP contribution >= 0.6 is 0 Å². The molecule has 7 nitrogen and oxygen atoms in total. The van der Waals surface area contributed by atoms with E-state index in [2.05, 4.69) is 45.1 Å². The third-order valence-electron chi connectivity index (χ3n) is 4.95. The van der Waals surface area contributed by atoms with Crippen LogP contribution in [0.25, 0.3) is 0 Å². The van der Waals surface area contributed by atoms with Crippen molar-refractivity contribution in [1.82, 2.24) is 24.9 Å². The number of hydrogen-bond acceptors (Lipinski definition) is 7. The number of pyridine rings is 1. The van der Waals surface area contributed by atoms with Gasteiger partial charge < -0.3 is 9.26 Å². The zero-order valence-corrected chi connectivity index (χ0v) is 15.4. The van der Waals surface area contributed by atoms with Crippen molar-refractivity contribution in [2.75, 3.05) is 34.3 Å². The van der Waals surface area contributed by atoms with Crippen molar-refractivity contribution in [2.24, 2.45) is 5.92 Å². The summed E-state index contributed by atoms with van der Waals surface area (Å²) in [5.41, 5.74) is 1.29. The molecule has 3 heterocycles. The van der Waals surface area contributed by atoms with Gasteiger partial charge in [0, 0.05) is 32.1 Å². The van der Waals surface area contributed by atoms with E-state index in [9.17, 15) is 0 Å². The summed E-state index contributed by atoms with van der Waals surface area (Å²) in [6, 6.07) is 4.59. The van der Waals surface area contributed by atoms with Crippen molar-refractivity contribution in [3.05, 3.63) is 41.8 Å². The number of ether oxygens (including phenoxy) is 1. The fourth-order valence-corrected chi connectivity index (χ4v) is 3.59. The summed E-state index contributed by atoms with van der Waals surface area (Å²) >= 11 is 0. The molecule has 2 aromatic rings. The lowest BCUT2D eigenvalue weighted by Gasteiger charge is -2.28. The van der Waals surface area contributed by atoms with Crippen molar-refractivity contribution < 1.29 is 9.26 Å². The van der Waals surface area contributed by atoms with E-state index in [0.717, 1.165) is 13.1 Å². The highest BCUT2D eigenvalue weighted by atomic mass is 16.5. The Morgan fingerprint density at radius 2 is 2.32 bits per heavy atom. The van der Waals surface area contributed by atoms with E-state index >= 15 is 0 Å². The largest absolute Gasteiger partial charge is 0.374 e. The molecule has 0 bridgehead atoms. The molecule has 0 aliphatic carbocycles. The van der Waals surface area contributed by atoms with E-state index in [-0.39, 0.29) is 6.10 Å². The molecule has 0 aromatic carbocycles. The van der Waals surface area contributed by atoms with E-state index in [0.29, 0.717) is 30.2 Å². The normalized spacial score (nSPS) is 22.6. The van der Waals surface area contributed by atoms with Gasteiger partial charge in [0.05, 0.1) is 6.54 Å². The van der Waals surface area contributed by atoms with E-state index < -0.39 is 0 Å². The second-order valence-corrected chi connectivity index (χ2v) is 6.88. The zero-order valence-electron chi connectivity index (χ0n) is 15.4. The van der Waals surface area contributed by atoms with Gasteiger partial charge in [-0.15, -0.1) is 0 Å². The second-order valence-electron chi connectivity index (χ2n) is 6.88. The molecule has 1 aliphatic rings. The summed E-state index contributed by atoms with van der Waals surface area (Å²) < 4.78 is 10.6. The average Bonchev–Trinajstić information content (AvgIpc) is 3.22. The monoisotopic (exact) mass is 345 g/mol. The smallest absolute Gasteiger partial charge is 0.240 e. The van der Waals surface area contributed by atoms with Crippen molar-refractivity contribution >= 4 is 0 Å². The molecule has 0 N–H and O–H groups in total. The van der Waals surface area contributed by atoms with Gasteiger partial charge in [-0.1, -0.05) is 11.2 Å². The van der Waals surface area contributed by atoms with E-state index in [1.165, 1.54) is 12.0 Å². The second kappa shape index (κ2) is 8.03. The van der Waals surface area contributed by atoms with Crippen LogP contribution in [0.3, 0.4) is 0 Å². The Balaban J connectivity index is 1.62. The minimum Gasteiger partial charge on any atom is -0.374 e. The number of rotatable bonds is 7. The van der Waals surface area contributed by atoms with Crippen LogP contribution in [0.15, 0.2) is 29.0 Å². The molecule has 1 aliphatic heterocycles. The van der Waals surface area contributed by atoms with Gasteiger partial charge in [0.25, 0.3) is 0 Å². The first kappa shape index (κ1) is 18.0. The van der Waals surface area contributed by atoms with Gasteiger partial charge in [0.1, 0.15) is 6.10 Å². The maximum atomic E-state index is 5.35. The van der Waals surface area contributed by atoms with Crippen LogP contribution < -0.4 is 0 Å². The number of hydrogen-bond donors (Lipinski definition) is 0. The zero-order chi connectivity index (χ0) is 17.8. The molecule has 0 radical (unpaired) electrons. The lowest BCUT2D eigenvalue weighted by atomic mass is 9.94. The minimum absolute atomic E-state index is 0.152. The van der Waals surface area contributed by atoms with Gasteiger partial charge in [0.15, 0.2) is 5.82 Å². The Kier molecular flexibility index (Phi) is 5.78. The molecular weight excluding hydrogens is 318 g/mol. The van der Waals surface area contributed by atoms with Crippen molar-refractivity contribution in [1.29, 1.82) is 0 Å². The van der Waals surface area contributed by atoms with Gasteiger partial charge in [-0.25, -0.2) is 0 Å². The van der Waals surface area contributed by atoms with Crippen molar-refractivity contribution in [2.45, 2.75) is 32.0 Å². The molecular formula is C18H27N5O2. The summed E-state index contributed by atoms with van der Waals surface area (Å²) in [4.78, 5) is 13.4. The Morgan fingerprint density at radius 3 is 3.04 bits per heavy atom. The average molecular weight is 345 g/mol. The number of methoxy groups -OCH3 is 1. The third-order valence-corrected chi connectivity index (χ3v) is 4.95. The minimum atomic E-state index is -0.152. The van der Waals surface area contributed by atoms with E-state index in [1.807, 2.05) is 25.4 Å². The van der Waals surface area contributed by atoms with Crippen LogP contribution in [-0.4, -0.2) is 59.2 Å². The Morgan fingerprint density at radius 1 is 1.48 bits per heavy atom. The molecule has 2 aromatic heterocycles. The molecule has 7 heteroatoms. The lowest BCUT2D eigenvalue weighted by Crippen LogP contribution is -2.30. The van der Waals surface area contributed by atoms with Crippen LogP contribution in [0.1, 0.15) is 42.8 Å². The summed E-state index contributed by atoms with van der Waals surface area (Å²) in [6.45, 7) is 4.63. The van der Waals surface area contributed by atoms with Crippen LogP contribution in [0, 0.1) is 5.92 Å². The number of nitrogens with zero attached hydrogens (tertiary/aromatic N) is 5. The van der Waals surface area contributed by atoms with E-state index in [1.54, 1.807) is 7.11 Å². The molecule has 136 valence electrons. The van der Waals surface area contributed by atoms with Crippen molar-refractivity contribution in [3.8, 4) is 0 Å². The molecule has 0 unspecified atom stereocenters. The predicted molar refractivity (Wildman–Crippen MR) is 93.8 cm³/mol. The molecule has 3 atom stereocenters. The van der Waals surface area contributed by atoms with Crippen LogP contribution in [0.5, 0.6) is 0 Å². The Labute approximate surface area is 149 Å². The SMILES string of the molecule is CO[C@@H](C)c1noc(CN(C)C[C@@H]2CCN(C)[C@H]2c2cccnc2)n1. The Hall–Kier alpha value is -1.83. The van der Waals surface area contributed by atoms with Gasteiger partial charge in [-0.05, 0) is 51.5 Å². The van der Waals surface area contributed by atoms with Crippen molar-refractivity contribution in [3.63, 3.8) is 0 Å². The van der Waals surface area contributed by atoms with Gasteiger partial charge in [-0.2, -0.15) is 4.98 Å². The highest BCUT2D eigenvalue weighted by Crippen LogP contribution is 2.36. The molecule has 1 saturated heterocycles. The van der Waals surface area contributed by atoms with Gasteiger partial charge in [-0.3, -0.25) is 14.8 Å². The maximum Gasteiger partial charge on any atom is 0.240 e. The number of likely N-dealkylation sites (tertiary alicyclic amines) is 1. The molecule has 0 amide bonds. The van der Waals surface area contributed by atoms with E-state index in [4.69, 9.17) is 9.26 Å². The summed E-state index contributed by atoms with van der Waals surface area (Å²) in [5, 5.41) is 3.99. The topological polar surface area (TPSA) is 67.5 Å². The predicted octanol–water partition coefficient (Wildman–Crippen LogP) is 2.30. The molecule has 0 saturated carbocycles. The third kappa shape index (κ3) is 4.23. The fraction of sp³-hybridized carbons (Fsp3) is 0.611. The highest BCUT2D eigenvalue weighted by Gasteiger charge is 2.33. The lowest BCUT2D eigenvalue weighted by molar-refractivity contribution is 0.109.